The zero-order valence-electron chi connectivity index (χ0n) is 20.7. The zero-order valence-corrected chi connectivity index (χ0v) is 20.7. The van der Waals surface area contributed by atoms with Crippen LogP contribution in [0.4, 0.5) is 5.82 Å². The van der Waals surface area contributed by atoms with Crippen molar-refractivity contribution in [2.24, 2.45) is 0 Å². The number of carbonyl (C=O) groups is 2. The number of carbonyl (C=O) groups excluding carboxylic acids is 2. The number of fused-ring (bicyclic) bond motifs is 1. The second kappa shape index (κ2) is 10.9. The summed E-state index contributed by atoms with van der Waals surface area (Å²) in [6, 6.07) is 15.1. The fourth-order valence-electron chi connectivity index (χ4n) is 3.74. The van der Waals surface area contributed by atoms with Crippen molar-refractivity contribution in [3.63, 3.8) is 0 Å². The molecule has 9 nitrogen and oxygen atoms in total. The molecule has 0 aliphatic rings. The van der Waals surface area contributed by atoms with E-state index in [-0.39, 0.29) is 36.9 Å². The van der Waals surface area contributed by atoms with E-state index >= 15 is 0 Å². The molecular formula is C27H28N4O5. The third-order valence-electron chi connectivity index (χ3n) is 5.57. The van der Waals surface area contributed by atoms with Crippen LogP contribution >= 0.6 is 0 Å². The number of para-hydroxylation sites is 1. The van der Waals surface area contributed by atoms with Gasteiger partial charge in [-0.15, -0.1) is 0 Å². The molecule has 0 aliphatic carbocycles. The highest BCUT2D eigenvalue weighted by Gasteiger charge is 2.23. The lowest BCUT2D eigenvalue weighted by Crippen LogP contribution is -2.20. The van der Waals surface area contributed by atoms with E-state index < -0.39 is 5.97 Å². The minimum Gasteiger partial charge on any atom is -0.494 e. The molecule has 1 N–H and O–H groups in total. The Kier molecular flexibility index (Phi) is 7.48. The highest BCUT2D eigenvalue weighted by atomic mass is 16.5. The molecule has 0 saturated heterocycles. The Bertz CT molecular complexity index is 1400. The predicted molar refractivity (Wildman–Crippen MR) is 136 cm³/mol. The predicted octanol–water partition coefficient (Wildman–Crippen LogP) is 4.63. The van der Waals surface area contributed by atoms with E-state index in [0.29, 0.717) is 22.8 Å². The third-order valence-corrected chi connectivity index (χ3v) is 5.57. The number of nitrogens with one attached hydrogen (secondary N) is 1. The minimum absolute atomic E-state index is 0.0688. The van der Waals surface area contributed by atoms with Gasteiger partial charge in [-0.25, -0.2) is 9.78 Å². The molecule has 0 bridgehead atoms. The summed E-state index contributed by atoms with van der Waals surface area (Å²) in [5, 5.41) is 8.07. The van der Waals surface area contributed by atoms with Crippen molar-refractivity contribution in [1.82, 2.24) is 14.8 Å². The number of benzene rings is 2. The molecule has 2 heterocycles. The number of aryl methyl sites for hydroxylation is 2. The number of rotatable bonds is 9. The fraction of sp³-hybridized carbons (Fsp3) is 0.259. The lowest BCUT2D eigenvalue weighted by Gasteiger charge is -2.13. The maximum Gasteiger partial charge on any atom is 0.343 e. The Hall–Kier alpha value is -4.40. The standard InChI is InChI=1S/C27H28N4O5/c1-5-35-27(33)21-16-28-31(23-15-18(3)20-7-6-8-22(34-4)25(20)29-23)26(21)30-24(32)13-14-36-19-11-9-17(2)10-12-19/h6-12,15-16H,5,13-14H2,1-4H3,(H,30,32). The third kappa shape index (κ3) is 5.30. The van der Waals surface area contributed by atoms with E-state index in [9.17, 15) is 9.59 Å². The number of esters is 1. The topological polar surface area (TPSA) is 105 Å². The number of hydrogen-bond acceptors (Lipinski definition) is 7. The summed E-state index contributed by atoms with van der Waals surface area (Å²) in [5.74, 6) is 0.945. The number of amides is 1. The fourth-order valence-corrected chi connectivity index (χ4v) is 3.74. The van der Waals surface area contributed by atoms with E-state index in [1.54, 1.807) is 14.0 Å². The summed E-state index contributed by atoms with van der Waals surface area (Å²) >= 11 is 0. The first-order chi connectivity index (χ1) is 17.4. The second-order valence-corrected chi connectivity index (χ2v) is 8.15. The van der Waals surface area contributed by atoms with Crippen LogP contribution < -0.4 is 14.8 Å². The van der Waals surface area contributed by atoms with Crippen molar-refractivity contribution in [2.45, 2.75) is 27.2 Å². The van der Waals surface area contributed by atoms with Gasteiger partial charge in [0, 0.05) is 5.39 Å². The SMILES string of the molecule is CCOC(=O)c1cnn(-c2cc(C)c3cccc(OC)c3n2)c1NC(=O)CCOc1ccc(C)cc1. The second-order valence-electron chi connectivity index (χ2n) is 8.15. The normalized spacial score (nSPS) is 10.8. The van der Waals surface area contributed by atoms with Gasteiger partial charge in [-0.05, 0) is 50.6 Å². The van der Waals surface area contributed by atoms with Crippen LogP contribution in [0, 0.1) is 13.8 Å². The van der Waals surface area contributed by atoms with Crippen molar-refractivity contribution in [3.05, 3.63) is 71.4 Å². The monoisotopic (exact) mass is 488 g/mol. The van der Waals surface area contributed by atoms with Gasteiger partial charge in [0.1, 0.15) is 22.6 Å². The van der Waals surface area contributed by atoms with Gasteiger partial charge < -0.3 is 19.5 Å². The number of methoxy groups -OCH3 is 1. The molecule has 0 unspecified atom stereocenters. The number of ether oxygens (including phenoxy) is 3. The van der Waals surface area contributed by atoms with Crippen LogP contribution in [-0.2, 0) is 9.53 Å². The Labute approximate surface area is 209 Å². The molecule has 186 valence electrons. The molecule has 0 radical (unpaired) electrons. The number of hydrogen-bond donors (Lipinski definition) is 1. The van der Waals surface area contributed by atoms with E-state index in [1.165, 1.54) is 10.9 Å². The van der Waals surface area contributed by atoms with Crippen molar-refractivity contribution in [1.29, 1.82) is 0 Å². The molecule has 4 rings (SSSR count). The molecule has 1 amide bonds. The van der Waals surface area contributed by atoms with Crippen molar-refractivity contribution in [2.75, 3.05) is 25.6 Å². The summed E-state index contributed by atoms with van der Waals surface area (Å²) in [4.78, 5) is 30.2. The van der Waals surface area contributed by atoms with E-state index in [0.717, 1.165) is 16.5 Å². The van der Waals surface area contributed by atoms with Crippen LogP contribution in [-0.4, -0.2) is 47.0 Å². The van der Waals surface area contributed by atoms with Crippen LogP contribution in [0.25, 0.3) is 16.7 Å². The average Bonchev–Trinajstić information content (AvgIpc) is 3.28. The van der Waals surface area contributed by atoms with Crippen molar-refractivity contribution < 1.29 is 23.8 Å². The van der Waals surface area contributed by atoms with E-state index in [4.69, 9.17) is 19.2 Å². The summed E-state index contributed by atoms with van der Waals surface area (Å²) in [5.41, 5.74) is 2.83. The van der Waals surface area contributed by atoms with E-state index in [2.05, 4.69) is 10.4 Å². The maximum absolute atomic E-state index is 12.8. The smallest absolute Gasteiger partial charge is 0.343 e. The first kappa shape index (κ1) is 24.7. The Morgan fingerprint density at radius 3 is 2.58 bits per heavy atom. The lowest BCUT2D eigenvalue weighted by molar-refractivity contribution is -0.116. The largest absolute Gasteiger partial charge is 0.494 e. The van der Waals surface area contributed by atoms with Crippen LogP contribution in [0.1, 0.15) is 34.8 Å². The van der Waals surface area contributed by atoms with Gasteiger partial charge in [0.25, 0.3) is 0 Å². The molecule has 0 aliphatic heterocycles. The van der Waals surface area contributed by atoms with Gasteiger partial charge in [-0.2, -0.15) is 9.78 Å². The van der Waals surface area contributed by atoms with Gasteiger partial charge in [-0.1, -0.05) is 29.8 Å². The molecule has 2 aromatic heterocycles. The Morgan fingerprint density at radius 1 is 1.08 bits per heavy atom. The first-order valence-electron chi connectivity index (χ1n) is 11.6. The average molecular weight is 489 g/mol. The maximum atomic E-state index is 12.8. The molecule has 0 fully saturated rings. The van der Waals surface area contributed by atoms with Crippen molar-refractivity contribution in [3.8, 4) is 17.3 Å². The quantitative estimate of drug-likeness (QED) is 0.343. The number of anilines is 1. The summed E-state index contributed by atoms with van der Waals surface area (Å²) in [6.07, 6.45) is 1.43. The van der Waals surface area contributed by atoms with Crippen LogP contribution in [0.2, 0.25) is 0 Å². The van der Waals surface area contributed by atoms with Crippen LogP contribution in [0.5, 0.6) is 11.5 Å². The van der Waals surface area contributed by atoms with Crippen LogP contribution in [0.15, 0.2) is 54.7 Å². The minimum atomic E-state index is -0.593. The van der Waals surface area contributed by atoms with Gasteiger partial charge in [0.15, 0.2) is 11.6 Å². The van der Waals surface area contributed by atoms with Crippen LogP contribution in [0.3, 0.4) is 0 Å². The molecule has 2 aromatic carbocycles. The van der Waals surface area contributed by atoms with Gasteiger partial charge in [-0.3, -0.25) is 4.79 Å². The molecule has 4 aromatic rings. The Morgan fingerprint density at radius 2 is 1.86 bits per heavy atom. The molecular weight excluding hydrogens is 460 g/mol. The van der Waals surface area contributed by atoms with Crippen molar-refractivity contribution >= 4 is 28.6 Å². The molecule has 0 atom stereocenters. The summed E-state index contributed by atoms with van der Waals surface area (Å²) < 4.78 is 17.7. The van der Waals surface area contributed by atoms with Gasteiger partial charge >= 0.3 is 5.97 Å². The number of pyridine rings is 1. The number of nitrogens with zero attached hydrogens (tertiary/aromatic N) is 3. The zero-order chi connectivity index (χ0) is 25.7. The molecule has 9 heteroatoms. The first-order valence-corrected chi connectivity index (χ1v) is 11.6. The highest BCUT2D eigenvalue weighted by Crippen LogP contribution is 2.29. The molecule has 36 heavy (non-hydrogen) atoms. The van der Waals surface area contributed by atoms with Gasteiger partial charge in [0.05, 0.1) is 32.9 Å². The Balaban J connectivity index is 1.63. The summed E-state index contributed by atoms with van der Waals surface area (Å²) in [6.45, 7) is 6.00. The summed E-state index contributed by atoms with van der Waals surface area (Å²) in [7, 11) is 1.58. The molecule has 0 saturated carbocycles. The molecule has 0 spiro atoms. The van der Waals surface area contributed by atoms with Gasteiger partial charge in [0.2, 0.25) is 5.91 Å². The lowest BCUT2D eigenvalue weighted by atomic mass is 10.1. The van der Waals surface area contributed by atoms with E-state index in [1.807, 2.05) is 62.4 Å². The highest BCUT2D eigenvalue weighted by molar-refractivity contribution is 6.00. The number of aromatic nitrogens is 3.